The molecule has 0 radical (unpaired) electrons. The van der Waals surface area contributed by atoms with Gasteiger partial charge in [0.15, 0.2) is 0 Å². The maximum Gasteiger partial charge on any atom is 0.251 e. The number of hydrogen-bond donors (Lipinski definition) is 0. The quantitative estimate of drug-likeness (QED) is 0.564. The summed E-state index contributed by atoms with van der Waals surface area (Å²) >= 11 is 0. The number of rotatable bonds is 6. The third kappa shape index (κ3) is 4.85. The average molecular weight is 357 g/mol. The molecule has 0 heterocycles. The Morgan fingerprint density at radius 3 is 2.30 bits per heavy atom. The zero-order valence-electron chi connectivity index (χ0n) is 15.6. The molecule has 0 aliphatic rings. The van der Waals surface area contributed by atoms with Gasteiger partial charge in [-0.25, -0.2) is 0 Å². The summed E-state index contributed by atoms with van der Waals surface area (Å²) in [5.41, 5.74) is 3.95. The SMILES string of the molecule is COc1ccc(C)cc1/C=C/C(=O)N(Cc1ccccc1)c1ccccc1. The summed E-state index contributed by atoms with van der Waals surface area (Å²) < 4.78 is 5.40. The standard InChI is InChI=1S/C24H23NO2/c1-19-13-15-23(27-2)21(17-19)14-16-24(26)25(22-11-7-4-8-12-22)18-20-9-5-3-6-10-20/h3-17H,18H2,1-2H3/b16-14+. The highest BCUT2D eigenvalue weighted by Crippen LogP contribution is 2.22. The third-order valence-electron chi connectivity index (χ3n) is 4.31. The molecule has 0 aromatic heterocycles. The molecule has 0 spiro atoms. The van der Waals surface area contributed by atoms with Crippen LogP contribution in [0.4, 0.5) is 5.69 Å². The Hall–Kier alpha value is -3.33. The first-order valence-corrected chi connectivity index (χ1v) is 8.90. The molecular weight excluding hydrogens is 334 g/mol. The lowest BCUT2D eigenvalue weighted by molar-refractivity contribution is -0.114. The Labute approximate surface area is 160 Å². The molecule has 0 atom stereocenters. The lowest BCUT2D eigenvalue weighted by Crippen LogP contribution is -2.28. The van der Waals surface area contributed by atoms with E-state index in [0.29, 0.717) is 6.54 Å². The number of carbonyl (C=O) groups excluding carboxylic acids is 1. The Kier molecular flexibility index (Phi) is 6.06. The van der Waals surface area contributed by atoms with Crippen molar-refractivity contribution in [2.24, 2.45) is 0 Å². The van der Waals surface area contributed by atoms with Crippen LogP contribution in [-0.2, 0) is 11.3 Å². The molecule has 136 valence electrons. The van der Waals surface area contributed by atoms with E-state index in [1.807, 2.05) is 91.9 Å². The first-order chi connectivity index (χ1) is 13.2. The van der Waals surface area contributed by atoms with Crippen LogP contribution in [0, 0.1) is 6.92 Å². The summed E-state index contributed by atoms with van der Waals surface area (Å²) in [4.78, 5) is 14.8. The monoisotopic (exact) mass is 357 g/mol. The molecule has 27 heavy (non-hydrogen) atoms. The number of para-hydroxylation sites is 1. The van der Waals surface area contributed by atoms with Gasteiger partial charge in [-0.2, -0.15) is 0 Å². The Bertz CT molecular complexity index is 918. The van der Waals surface area contributed by atoms with Crippen LogP contribution in [0.5, 0.6) is 5.75 Å². The number of carbonyl (C=O) groups is 1. The van der Waals surface area contributed by atoms with Crippen molar-refractivity contribution in [3.8, 4) is 5.75 Å². The second kappa shape index (κ2) is 8.86. The van der Waals surface area contributed by atoms with Gasteiger partial charge in [0.1, 0.15) is 5.75 Å². The van der Waals surface area contributed by atoms with Gasteiger partial charge in [-0.15, -0.1) is 0 Å². The fourth-order valence-corrected chi connectivity index (χ4v) is 2.91. The molecule has 0 fully saturated rings. The molecule has 1 amide bonds. The molecule has 0 unspecified atom stereocenters. The molecule has 0 saturated carbocycles. The van der Waals surface area contributed by atoms with Crippen molar-refractivity contribution in [3.63, 3.8) is 0 Å². The molecule has 0 aliphatic heterocycles. The second-order valence-corrected chi connectivity index (χ2v) is 6.32. The van der Waals surface area contributed by atoms with Gasteiger partial charge in [-0.1, -0.05) is 60.2 Å². The second-order valence-electron chi connectivity index (χ2n) is 6.32. The minimum Gasteiger partial charge on any atom is -0.496 e. The maximum absolute atomic E-state index is 13.0. The minimum absolute atomic E-state index is 0.0754. The zero-order chi connectivity index (χ0) is 19.1. The summed E-state index contributed by atoms with van der Waals surface area (Å²) in [6.07, 6.45) is 3.42. The average Bonchev–Trinajstić information content (AvgIpc) is 2.72. The minimum atomic E-state index is -0.0754. The molecule has 0 aliphatic carbocycles. The fraction of sp³-hybridized carbons (Fsp3) is 0.125. The predicted molar refractivity (Wildman–Crippen MR) is 111 cm³/mol. The summed E-state index contributed by atoms with van der Waals surface area (Å²) in [5, 5.41) is 0. The van der Waals surface area contributed by atoms with Crippen molar-refractivity contribution in [2.75, 3.05) is 12.0 Å². The Balaban J connectivity index is 1.88. The van der Waals surface area contributed by atoms with Gasteiger partial charge >= 0.3 is 0 Å². The smallest absolute Gasteiger partial charge is 0.251 e. The van der Waals surface area contributed by atoms with E-state index in [-0.39, 0.29) is 5.91 Å². The van der Waals surface area contributed by atoms with Crippen LogP contribution in [0.2, 0.25) is 0 Å². The van der Waals surface area contributed by atoms with E-state index in [0.717, 1.165) is 28.1 Å². The molecule has 3 nitrogen and oxygen atoms in total. The molecule has 0 saturated heterocycles. The normalized spacial score (nSPS) is 10.7. The number of amides is 1. The third-order valence-corrected chi connectivity index (χ3v) is 4.31. The highest BCUT2D eigenvalue weighted by Gasteiger charge is 2.14. The molecule has 3 rings (SSSR count). The number of methoxy groups -OCH3 is 1. The van der Waals surface area contributed by atoms with Gasteiger partial charge in [0, 0.05) is 17.3 Å². The van der Waals surface area contributed by atoms with Crippen LogP contribution < -0.4 is 9.64 Å². The van der Waals surface area contributed by atoms with Gasteiger partial charge < -0.3 is 9.64 Å². The summed E-state index contributed by atoms with van der Waals surface area (Å²) in [5.74, 6) is 0.674. The van der Waals surface area contributed by atoms with Crippen LogP contribution >= 0.6 is 0 Å². The van der Waals surface area contributed by atoms with Crippen LogP contribution in [0.3, 0.4) is 0 Å². The molecule has 3 aromatic rings. The molecular formula is C24H23NO2. The first kappa shape index (κ1) is 18.5. The zero-order valence-corrected chi connectivity index (χ0v) is 15.6. The van der Waals surface area contributed by atoms with E-state index in [4.69, 9.17) is 4.74 Å². The number of ether oxygens (including phenoxy) is 1. The van der Waals surface area contributed by atoms with Gasteiger partial charge in [0.05, 0.1) is 13.7 Å². The topological polar surface area (TPSA) is 29.5 Å². The lowest BCUT2D eigenvalue weighted by atomic mass is 10.1. The first-order valence-electron chi connectivity index (χ1n) is 8.90. The van der Waals surface area contributed by atoms with E-state index in [9.17, 15) is 4.79 Å². The lowest BCUT2D eigenvalue weighted by Gasteiger charge is -2.21. The van der Waals surface area contributed by atoms with Crippen LogP contribution in [-0.4, -0.2) is 13.0 Å². The van der Waals surface area contributed by atoms with E-state index in [1.165, 1.54) is 0 Å². The maximum atomic E-state index is 13.0. The number of nitrogens with zero attached hydrogens (tertiary/aromatic N) is 1. The van der Waals surface area contributed by atoms with E-state index in [1.54, 1.807) is 18.1 Å². The van der Waals surface area contributed by atoms with E-state index in [2.05, 4.69) is 0 Å². The number of aryl methyl sites for hydroxylation is 1. The summed E-state index contributed by atoms with van der Waals surface area (Å²) in [6.45, 7) is 2.53. The van der Waals surface area contributed by atoms with Crippen molar-refractivity contribution >= 4 is 17.7 Å². The highest BCUT2D eigenvalue weighted by molar-refractivity contribution is 6.03. The van der Waals surface area contributed by atoms with Crippen molar-refractivity contribution in [2.45, 2.75) is 13.5 Å². The molecule has 3 heteroatoms. The van der Waals surface area contributed by atoms with Gasteiger partial charge in [-0.05, 0) is 42.8 Å². The van der Waals surface area contributed by atoms with Crippen LogP contribution in [0.15, 0.2) is 84.9 Å². The highest BCUT2D eigenvalue weighted by atomic mass is 16.5. The van der Waals surface area contributed by atoms with Crippen molar-refractivity contribution in [3.05, 3.63) is 102 Å². The van der Waals surface area contributed by atoms with Crippen molar-refractivity contribution in [1.82, 2.24) is 0 Å². The van der Waals surface area contributed by atoms with Crippen LogP contribution in [0.25, 0.3) is 6.08 Å². The number of benzene rings is 3. The number of anilines is 1. The van der Waals surface area contributed by atoms with Gasteiger partial charge in [0.2, 0.25) is 0 Å². The van der Waals surface area contributed by atoms with Crippen molar-refractivity contribution in [1.29, 1.82) is 0 Å². The summed E-state index contributed by atoms with van der Waals surface area (Å²) in [6, 6.07) is 25.6. The van der Waals surface area contributed by atoms with Crippen LogP contribution in [0.1, 0.15) is 16.7 Å². The summed E-state index contributed by atoms with van der Waals surface area (Å²) in [7, 11) is 1.63. The van der Waals surface area contributed by atoms with E-state index >= 15 is 0 Å². The number of hydrogen-bond acceptors (Lipinski definition) is 2. The van der Waals surface area contributed by atoms with Gasteiger partial charge in [0.25, 0.3) is 5.91 Å². The molecule has 0 bridgehead atoms. The molecule has 0 N–H and O–H groups in total. The van der Waals surface area contributed by atoms with E-state index < -0.39 is 0 Å². The fourth-order valence-electron chi connectivity index (χ4n) is 2.91. The largest absolute Gasteiger partial charge is 0.496 e. The predicted octanol–water partition coefficient (Wildman–Crippen LogP) is 5.25. The Morgan fingerprint density at radius 1 is 0.963 bits per heavy atom. The van der Waals surface area contributed by atoms with Crippen molar-refractivity contribution < 1.29 is 9.53 Å². The van der Waals surface area contributed by atoms with Gasteiger partial charge in [-0.3, -0.25) is 4.79 Å². The Morgan fingerprint density at radius 2 is 1.63 bits per heavy atom. The molecule has 3 aromatic carbocycles.